The molecule has 5 heterocycles. The van der Waals surface area contributed by atoms with Crippen molar-refractivity contribution in [2.24, 2.45) is 5.92 Å². The molecule has 2 fully saturated rings. The lowest BCUT2D eigenvalue weighted by Gasteiger charge is -2.35. The molecule has 2 aliphatic heterocycles. The highest BCUT2D eigenvalue weighted by molar-refractivity contribution is 7.10. The minimum Gasteiger partial charge on any atom is -0.492 e. The van der Waals surface area contributed by atoms with E-state index in [0.717, 1.165) is 68.2 Å². The number of likely N-dealkylation sites (tertiary alicyclic amines) is 1. The fourth-order valence-electron chi connectivity index (χ4n) is 9.69. The number of benzene rings is 3. The minimum absolute atomic E-state index is 0.0754. The van der Waals surface area contributed by atoms with Crippen molar-refractivity contribution in [3.63, 3.8) is 0 Å². The molecule has 1 aliphatic carbocycles. The van der Waals surface area contributed by atoms with E-state index in [2.05, 4.69) is 20.7 Å². The van der Waals surface area contributed by atoms with Gasteiger partial charge in [0.15, 0.2) is 11.6 Å². The summed E-state index contributed by atoms with van der Waals surface area (Å²) in [6.45, 7) is 3.38. The summed E-state index contributed by atoms with van der Waals surface area (Å²) in [7, 11) is 1.72. The maximum absolute atomic E-state index is 14.2. The van der Waals surface area contributed by atoms with Gasteiger partial charge in [0.05, 0.1) is 36.8 Å². The maximum atomic E-state index is 14.2. The maximum Gasteiger partial charge on any atom is 0.416 e. The van der Waals surface area contributed by atoms with Crippen LogP contribution in [-0.4, -0.2) is 87.0 Å². The van der Waals surface area contributed by atoms with Crippen molar-refractivity contribution in [3.05, 3.63) is 130 Å². The number of halogens is 3. The first-order valence-corrected chi connectivity index (χ1v) is 25.2. The van der Waals surface area contributed by atoms with E-state index in [1.54, 1.807) is 83.8 Å². The van der Waals surface area contributed by atoms with Gasteiger partial charge >= 0.3 is 6.18 Å². The number of likely N-dealkylation sites (N-methyl/N-ethyl adjacent to an activating group) is 1. The first-order chi connectivity index (χ1) is 34.7. The highest BCUT2D eigenvalue weighted by atomic mass is 32.1. The summed E-state index contributed by atoms with van der Waals surface area (Å²) in [5, 5.41) is 13.0. The van der Waals surface area contributed by atoms with Gasteiger partial charge in [-0.25, -0.2) is 9.97 Å². The average molecular weight is 1000 g/mol. The quantitative estimate of drug-likeness (QED) is 0.0744. The second kappa shape index (κ2) is 21.7. The van der Waals surface area contributed by atoms with E-state index in [-0.39, 0.29) is 59.9 Å². The number of rotatable bonds is 17. The number of nitrogen functional groups attached to an aromatic ring is 1. The minimum atomic E-state index is -4.50. The zero-order chi connectivity index (χ0) is 50.5. The number of carbonyl (C=O) groups is 4. The van der Waals surface area contributed by atoms with Gasteiger partial charge in [-0.05, 0) is 106 Å². The van der Waals surface area contributed by atoms with Crippen molar-refractivity contribution in [2.45, 2.75) is 95.6 Å². The van der Waals surface area contributed by atoms with Gasteiger partial charge in [-0.2, -0.15) is 18.3 Å². The number of anilines is 2. The molecule has 1 saturated carbocycles. The number of nitrogens with one attached hydrogen (secondary N) is 2. The zero-order valence-electron chi connectivity index (χ0n) is 40.0. The average Bonchev–Trinajstić information content (AvgIpc) is 4.24. The fraction of sp³-hybridized carbons (Fsp3) is 0.377. The van der Waals surface area contributed by atoms with E-state index in [0.29, 0.717) is 70.8 Å². The molecule has 0 bridgehead atoms. The van der Waals surface area contributed by atoms with Crippen LogP contribution in [0.4, 0.5) is 24.7 Å². The number of fused-ring (bicyclic) bond motifs is 1. The van der Waals surface area contributed by atoms with Crippen molar-refractivity contribution in [2.75, 3.05) is 37.4 Å². The van der Waals surface area contributed by atoms with Crippen molar-refractivity contribution in [1.82, 2.24) is 35.3 Å². The molecule has 9 rings (SSSR count). The number of thiazole rings is 1. The van der Waals surface area contributed by atoms with Gasteiger partial charge in [-0.15, -0.1) is 11.3 Å². The van der Waals surface area contributed by atoms with Crippen LogP contribution in [0.3, 0.4) is 0 Å². The summed E-state index contributed by atoms with van der Waals surface area (Å²) in [6, 6.07) is 17.5. The van der Waals surface area contributed by atoms with Crippen LogP contribution >= 0.6 is 11.3 Å². The van der Waals surface area contributed by atoms with Crippen molar-refractivity contribution < 1.29 is 41.8 Å². The van der Waals surface area contributed by atoms with Crippen LogP contribution in [0.1, 0.15) is 95.7 Å². The number of nitrogens with two attached hydrogens (primary N) is 1. The van der Waals surface area contributed by atoms with Gasteiger partial charge in [0.2, 0.25) is 23.5 Å². The Balaban J connectivity index is 0.787. The highest BCUT2D eigenvalue weighted by Gasteiger charge is 2.40. The number of alkyl halides is 3. The Morgan fingerprint density at radius 3 is 2.54 bits per heavy atom. The molecule has 376 valence electrons. The summed E-state index contributed by atoms with van der Waals surface area (Å²) < 4.78 is 53.7. The molecule has 3 aromatic carbocycles. The lowest BCUT2D eigenvalue weighted by atomic mass is 9.83. The first-order valence-electron chi connectivity index (χ1n) is 24.3. The largest absolute Gasteiger partial charge is 0.492 e. The van der Waals surface area contributed by atoms with E-state index in [1.165, 1.54) is 23.5 Å². The molecule has 19 heteroatoms. The monoisotopic (exact) mass is 1000 g/mol. The van der Waals surface area contributed by atoms with Crippen LogP contribution in [0, 0.1) is 5.92 Å². The van der Waals surface area contributed by atoms with Gasteiger partial charge in [-0.3, -0.25) is 23.9 Å². The van der Waals surface area contributed by atoms with Crippen molar-refractivity contribution in [3.8, 4) is 28.4 Å². The molecule has 4 N–H and O–H groups in total. The molecular formula is C53H56F3N9O6S. The second-order valence-electron chi connectivity index (χ2n) is 18.5. The molecule has 1 saturated heterocycles. The molecule has 3 aromatic heterocycles. The lowest BCUT2D eigenvalue weighted by molar-refractivity contribution is -0.139. The second-order valence-corrected chi connectivity index (χ2v) is 19.4. The normalized spacial score (nSPS) is 16.8. The number of amides is 3. The zero-order valence-corrected chi connectivity index (χ0v) is 40.8. The third kappa shape index (κ3) is 11.3. The van der Waals surface area contributed by atoms with Crippen LogP contribution in [0.15, 0.2) is 96.8 Å². The van der Waals surface area contributed by atoms with E-state index < -0.39 is 23.8 Å². The van der Waals surface area contributed by atoms with E-state index in [1.807, 2.05) is 17.2 Å². The Labute approximate surface area is 418 Å². The molecular weight excluding hydrogens is 948 g/mol. The summed E-state index contributed by atoms with van der Waals surface area (Å²) >= 11 is 1.37. The van der Waals surface area contributed by atoms with Crippen LogP contribution in [0.5, 0.6) is 17.2 Å². The summed E-state index contributed by atoms with van der Waals surface area (Å²) in [4.78, 5) is 66.8. The van der Waals surface area contributed by atoms with Crippen LogP contribution < -0.4 is 30.7 Å². The summed E-state index contributed by atoms with van der Waals surface area (Å²) in [5.74, 6) is 0.714. The predicted molar refractivity (Wildman–Crippen MR) is 266 cm³/mol. The Bertz CT molecular complexity index is 2950. The van der Waals surface area contributed by atoms with E-state index >= 15 is 0 Å². The fourth-order valence-corrected chi connectivity index (χ4v) is 10.6. The van der Waals surface area contributed by atoms with Gasteiger partial charge in [0.25, 0.3) is 0 Å². The third-order valence-electron chi connectivity index (χ3n) is 13.7. The Morgan fingerprint density at radius 1 is 0.917 bits per heavy atom. The summed E-state index contributed by atoms with van der Waals surface area (Å²) in [6.07, 6.45) is 7.56. The number of nitrogens with zero attached hydrogens (tertiary/aromatic N) is 6. The smallest absolute Gasteiger partial charge is 0.416 e. The molecule has 72 heavy (non-hydrogen) atoms. The molecule has 6 aromatic rings. The number of ketones is 1. The van der Waals surface area contributed by atoms with E-state index in [4.69, 9.17) is 20.2 Å². The molecule has 0 radical (unpaired) electrons. The Morgan fingerprint density at radius 2 is 1.74 bits per heavy atom. The molecule has 3 atom stereocenters. The molecule has 3 aliphatic rings. The topological polar surface area (TPSA) is 187 Å². The summed E-state index contributed by atoms with van der Waals surface area (Å²) in [5.41, 5.74) is 9.44. The highest BCUT2D eigenvalue weighted by Crippen LogP contribution is 2.39. The molecule has 0 spiro atoms. The number of aromatic nitrogens is 4. The van der Waals surface area contributed by atoms with Gasteiger partial charge < -0.3 is 35.6 Å². The number of carbonyl (C=O) groups excluding carboxylic acids is 4. The number of pyridine rings is 1. The van der Waals surface area contributed by atoms with Gasteiger partial charge in [0, 0.05) is 53.2 Å². The first kappa shape index (κ1) is 49.8. The standard InChI is InChI=1S/C53H56F3N9O6S/c1-32(58-2)50(68)62-47(34-10-4-3-5-11-34)52(69)65-19-8-15-44(65)51-61-42(31-72-51)48(67)36-12-7-14-40(26-36)70-22-21-63-30-38(29-60-63)37-27-45(49(57)59-28-37)71-41-16-17-43-35(25-41)18-20-64(43)46(66)24-33-9-6-13-39(23-33)53(54,55)56/h6-7,9,12-14,16-17,23,25-32,34,44,47,58H,3-5,8,10-11,15,18-22,24H2,1-2H3,(H2,57,59)(H,62,68)/t32-,44-,47-/m0/s1. The van der Waals surface area contributed by atoms with Crippen molar-refractivity contribution >= 4 is 46.3 Å². The molecule has 0 unspecified atom stereocenters. The Kier molecular flexibility index (Phi) is 15.0. The predicted octanol–water partition coefficient (Wildman–Crippen LogP) is 8.57. The van der Waals surface area contributed by atoms with Crippen LogP contribution in [0.25, 0.3) is 11.1 Å². The van der Waals surface area contributed by atoms with Gasteiger partial charge in [-0.1, -0.05) is 49.6 Å². The number of hydrogen-bond acceptors (Lipinski definition) is 12. The number of ether oxygens (including phenoxy) is 2. The van der Waals surface area contributed by atoms with Gasteiger partial charge in [0.1, 0.15) is 34.8 Å². The van der Waals surface area contributed by atoms with Crippen molar-refractivity contribution in [1.29, 1.82) is 0 Å². The molecule has 3 amide bonds. The molecule has 15 nitrogen and oxygen atoms in total. The van der Waals surface area contributed by atoms with Crippen LogP contribution in [-0.2, 0) is 39.9 Å². The van der Waals surface area contributed by atoms with E-state index in [9.17, 15) is 32.3 Å². The number of hydrogen-bond donors (Lipinski definition) is 3. The third-order valence-corrected chi connectivity index (χ3v) is 14.7. The Hall–Kier alpha value is -7.12. The SMILES string of the molecule is CN[C@@H](C)C(=O)N[C@H](C(=O)N1CCC[C@H]1c1nc(C(=O)c2cccc(OCCn3cc(-c4cnc(N)c(Oc5ccc6c(c5)CCN6C(=O)Cc5cccc(C(F)(F)F)c5)c4)cn3)c2)cs1)C1CCCCC1. The lowest BCUT2D eigenvalue weighted by Crippen LogP contribution is -2.55. The van der Waals surface area contributed by atoms with Crippen LogP contribution in [0.2, 0.25) is 0 Å².